The van der Waals surface area contributed by atoms with Crippen LogP contribution in [0.5, 0.6) is 0 Å². The zero-order valence-electron chi connectivity index (χ0n) is 11.3. The normalized spacial score (nSPS) is 24.0. The SMILES string of the molecule is CC1CCCC(CN)N1c1ccc(C(F)(F)F)cc1Br. The molecule has 0 aliphatic carbocycles. The van der Waals surface area contributed by atoms with E-state index < -0.39 is 11.7 Å². The van der Waals surface area contributed by atoms with Crippen LogP contribution in [0.1, 0.15) is 31.7 Å². The number of anilines is 1. The molecule has 1 aromatic rings. The van der Waals surface area contributed by atoms with Crippen molar-refractivity contribution in [3.63, 3.8) is 0 Å². The average molecular weight is 351 g/mol. The molecule has 112 valence electrons. The first-order valence-electron chi connectivity index (χ1n) is 6.69. The molecule has 0 saturated carbocycles. The van der Waals surface area contributed by atoms with Gasteiger partial charge in [0.25, 0.3) is 0 Å². The predicted molar refractivity (Wildman–Crippen MR) is 77.8 cm³/mol. The molecule has 1 aromatic carbocycles. The molecule has 0 amide bonds. The van der Waals surface area contributed by atoms with Gasteiger partial charge in [-0.25, -0.2) is 0 Å². The summed E-state index contributed by atoms with van der Waals surface area (Å²) >= 11 is 3.28. The lowest BCUT2D eigenvalue weighted by atomic mass is 9.95. The molecule has 1 heterocycles. The van der Waals surface area contributed by atoms with E-state index in [9.17, 15) is 13.2 Å². The smallest absolute Gasteiger partial charge is 0.364 e. The van der Waals surface area contributed by atoms with E-state index in [-0.39, 0.29) is 12.1 Å². The lowest BCUT2D eigenvalue weighted by Crippen LogP contribution is -2.49. The minimum Gasteiger partial charge on any atom is -0.364 e. The van der Waals surface area contributed by atoms with Gasteiger partial charge < -0.3 is 10.6 Å². The number of hydrogen-bond donors (Lipinski definition) is 1. The topological polar surface area (TPSA) is 29.3 Å². The third-order valence-electron chi connectivity index (χ3n) is 3.85. The number of halogens is 4. The van der Waals surface area contributed by atoms with E-state index >= 15 is 0 Å². The number of benzene rings is 1. The summed E-state index contributed by atoms with van der Waals surface area (Å²) in [4.78, 5) is 2.15. The second-order valence-corrected chi connectivity index (χ2v) is 6.10. The Morgan fingerprint density at radius 1 is 1.35 bits per heavy atom. The van der Waals surface area contributed by atoms with Gasteiger partial charge in [0.05, 0.1) is 11.3 Å². The molecule has 1 fully saturated rings. The molecule has 0 radical (unpaired) electrons. The molecule has 2 atom stereocenters. The molecule has 2 nitrogen and oxygen atoms in total. The van der Waals surface area contributed by atoms with Gasteiger partial charge >= 0.3 is 6.18 Å². The van der Waals surface area contributed by atoms with Gasteiger partial charge in [-0.15, -0.1) is 0 Å². The van der Waals surface area contributed by atoms with Crippen molar-refractivity contribution in [1.82, 2.24) is 0 Å². The Labute approximate surface area is 125 Å². The molecule has 1 saturated heterocycles. The van der Waals surface area contributed by atoms with E-state index in [1.807, 2.05) is 0 Å². The standard InChI is InChI=1S/C14H18BrF3N2/c1-9-3-2-4-11(8-19)20(9)13-6-5-10(7-12(13)15)14(16,17)18/h5-7,9,11H,2-4,8,19H2,1H3. The van der Waals surface area contributed by atoms with Crippen LogP contribution in [0, 0.1) is 0 Å². The Bertz CT molecular complexity index is 476. The summed E-state index contributed by atoms with van der Waals surface area (Å²) in [5.41, 5.74) is 5.96. The van der Waals surface area contributed by atoms with E-state index in [1.54, 1.807) is 0 Å². The molecule has 0 bridgehead atoms. The van der Waals surface area contributed by atoms with Crippen molar-refractivity contribution in [2.24, 2.45) is 5.73 Å². The van der Waals surface area contributed by atoms with Crippen LogP contribution in [0.2, 0.25) is 0 Å². The first kappa shape index (κ1) is 15.6. The first-order chi connectivity index (χ1) is 9.34. The van der Waals surface area contributed by atoms with Crippen molar-refractivity contribution in [1.29, 1.82) is 0 Å². The van der Waals surface area contributed by atoms with Crippen molar-refractivity contribution in [2.75, 3.05) is 11.4 Å². The Kier molecular flexibility index (Phi) is 4.64. The summed E-state index contributed by atoms with van der Waals surface area (Å²) in [6.07, 6.45) is -1.20. The molecule has 0 aromatic heterocycles. The highest BCUT2D eigenvalue weighted by molar-refractivity contribution is 9.10. The Morgan fingerprint density at radius 3 is 2.60 bits per heavy atom. The van der Waals surface area contributed by atoms with Gasteiger partial charge in [0.1, 0.15) is 0 Å². The quantitative estimate of drug-likeness (QED) is 0.866. The average Bonchev–Trinajstić information content (AvgIpc) is 2.38. The van der Waals surface area contributed by atoms with Crippen LogP contribution in [0.3, 0.4) is 0 Å². The van der Waals surface area contributed by atoms with Crippen LogP contribution >= 0.6 is 15.9 Å². The van der Waals surface area contributed by atoms with Gasteiger partial charge in [0, 0.05) is 23.1 Å². The van der Waals surface area contributed by atoms with E-state index in [2.05, 4.69) is 27.8 Å². The molecule has 20 heavy (non-hydrogen) atoms. The molecule has 6 heteroatoms. The predicted octanol–water partition coefficient (Wildman–Crippen LogP) is 4.17. The van der Waals surface area contributed by atoms with Crippen molar-refractivity contribution in [3.05, 3.63) is 28.2 Å². The van der Waals surface area contributed by atoms with E-state index in [4.69, 9.17) is 5.73 Å². The van der Waals surface area contributed by atoms with Crippen molar-refractivity contribution >= 4 is 21.6 Å². The van der Waals surface area contributed by atoms with Crippen LogP contribution in [0.15, 0.2) is 22.7 Å². The summed E-state index contributed by atoms with van der Waals surface area (Å²) in [5.74, 6) is 0. The maximum absolute atomic E-state index is 12.7. The van der Waals surface area contributed by atoms with Crippen molar-refractivity contribution < 1.29 is 13.2 Å². The second kappa shape index (κ2) is 5.93. The number of rotatable bonds is 2. The Balaban J connectivity index is 2.36. The summed E-state index contributed by atoms with van der Waals surface area (Å²) < 4.78 is 38.6. The monoisotopic (exact) mass is 350 g/mol. The Morgan fingerprint density at radius 2 is 2.05 bits per heavy atom. The summed E-state index contributed by atoms with van der Waals surface area (Å²) in [5, 5.41) is 0. The van der Waals surface area contributed by atoms with Gasteiger partial charge in [0.2, 0.25) is 0 Å². The number of alkyl halides is 3. The van der Waals surface area contributed by atoms with Crippen LogP contribution in [-0.4, -0.2) is 18.6 Å². The Hall–Kier alpha value is -0.750. The molecular formula is C14H18BrF3N2. The third kappa shape index (κ3) is 3.11. The fraction of sp³-hybridized carbons (Fsp3) is 0.571. The maximum Gasteiger partial charge on any atom is 0.416 e. The van der Waals surface area contributed by atoms with E-state index in [0.29, 0.717) is 11.0 Å². The van der Waals surface area contributed by atoms with E-state index in [0.717, 1.165) is 37.1 Å². The minimum atomic E-state index is -4.32. The lowest BCUT2D eigenvalue weighted by Gasteiger charge is -2.42. The lowest BCUT2D eigenvalue weighted by molar-refractivity contribution is -0.137. The van der Waals surface area contributed by atoms with Crippen molar-refractivity contribution in [3.8, 4) is 0 Å². The fourth-order valence-corrected chi connectivity index (χ4v) is 3.43. The van der Waals surface area contributed by atoms with Crippen molar-refractivity contribution in [2.45, 2.75) is 44.4 Å². The minimum absolute atomic E-state index is 0.187. The molecule has 0 spiro atoms. The maximum atomic E-state index is 12.7. The van der Waals surface area contributed by atoms with Gasteiger partial charge in [-0.05, 0) is 60.3 Å². The third-order valence-corrected chi connectivity index (χ3v) is 4.49. The number of nitrogens with two attached hydrogens (primary N) is 1. The molecule has 2 N–H and O–H groups in total. The zero-order valence-corrected chi connectivity index (χ0v) is 12.8. The number of nitrogens with zero attached hydrogens (tertiary/aromatic N) is 1. The molecule has 2 unspecified atom stereocenters. The molecule has 1 aliphatic rings. The summed E-state index contributed by atoms with van der Waals surface area (Å²) in [7, 11) is 0. The largest absolute Gasteiger partial charge is 0.416 e. The first-order valence-corrected chi connectivity index (χ1v) is 7.49. The highest BCUT2D eigenvalue weighted by Crippen LogP contribution is 2.38. The van der Waals surface area contributed by atoms with Crippen LogP contribution < -0.4 is 10.6 Å². The molecule has 1 aliphatic heterocycles. The fourth-order valence-electron chi connectivity index (χ4n) is 2.85. The van der Waals surface area contributed by atoms with Crippen LogP contribution in [0.4, 0.5) is 18.9 Å². The van der Waals surface area contributed by atoms with Gasteiger partial charge in [-0.2, -0.15) is 13.2 Å². The van der Waals surface area contributed by atoms with E-state index in [1.165, 1.54) is 6.07 Å². The highest BCUT2D eigenvalue weighted by atomic mass is 79.9. The number of piperidine rings is 1. The molecule has 2 rings (SSSR count). The van der Waals surface area contributed by atoms with Gasteiger partial charge in [-0.1, -0.05) is 0 Å². The summed E-state index contributed by atoms with van der Waals surface area (Å²) in [6, 6.07) is 4.29. The van der Waals surface area contributed by atoms with Crippen LogP contribution in [0.25, 0.3) is 0 Å². The summed E-state index contributed by atoms with van der Waals surface area (Å²) in [6.45, 7) is 2.60. The second-order valence-electron chi connectivity index (χ2n) is 5.24. The highest BCUT2D eigenvalue weighted by Gasteiger charge is 2.33. The van der Waals surface area contributed by atoms with Gasteiger partial charge in [0.15, 0.2) is 0 Å². The molecular weight excluding hydrogens is 333 g/mol. The number of hydrogen-bond acceptors (Lipinski definition) is 2. The van der Waals surface area contributed by atoms with Crippen LogP contribution in [-0.2, 0) is 6.18 Å². The van der Waals surface area contributed by atoms with Gasteiger partial charge in [-0.3, -0.25) is 0 Å². The zero-order chi connectivity index (χ0) is 14.9.